The zero-order chi connectivity index (χ0) is 18.4. The Bertz CT molecular complexity index is 837. The number of nitrogens with one attached hydrogen (secondary N) is 2. The molecule has 0 bridgehead atoms. The highest BCUT2D eigenvalue weighted by Gasteiger charge is 2.09. The van der Waals surface area contributed by atoms with E-state index in [1.807, 2.05) is 6.92 Å². The summed E-state index contributed by atoms with van der Waals surface area (Å²) in [5, 5.41) is 7.12. The number of anilines is 1. The van der Waals surface area contributed by atoms with E-state index in [0.717, 1.165) is 11.6 Å². The molecule has 2 aromatic rings. The summed E-state index contributed by atoms with van der Waals surface area (Å²) in [6.07, 6.45) is -0.00458. The molecule has 25 heavy (non-hydrogen) atoms. The Kier molecular flexibility index (Phi) is 6.25. The quantitative estimate of drug-likeness (QED) is 0.626. The van der Waals surface area contributed by atoms with Gasteiger partial charge in [0.1, 0.15) is 5.82 Å². The zero-order valence-corrected chi connectivity index (χ0v) is 14.5. The van der Waals surface area contributed by atoms with Gasteiger partial charge >= 0.3 is 0 Å². The lowest BCUT2D eigenvalue weighted by Crippen LogP contribution is -2.21. The molecular formula is C18H17ClFN3O2. The summed E-state index contributed by atoms with van der Waals surface area (Å²) < 4.78 is 13.1. The number of halogens is 2. The van der Waals surface area contributed by atoms with Crippen LogP contribution in [0.1, 0.15) is 29.3 Å². The minimum atomic E-state index is -0.551. The minimum absolute atomic E-state index is 0.00458. The number of rotatable bonds is 5. The number of aryl methyl sites for hydroxylation is 1. The highest BCUT2D eigenvalue weighted by Crippen LogP contribution is 2.20. The second-order valence-electron chi connectivity index (χ2n) is 5.48. The average Bonchev–Trinajstić information content (AvgIpc) is 2.56. The second-order valence-corrected chi connectivity index (χ2v) is 5.92. The van der Waals surface area contributed by atoms with E-state index in [9.17, 15) is 14.0 Å². The number of benzene rings is 2. The fraction of sp³-hybridized carbons (Fsp3) is 0.167. The molecule has 0 unspecified atom stereocenters. The molecule has 0 spiro atoms. The van der Waals surface area contributed by atoms with Gasteiger partial charge in [-0.3, -0.25) is 9.59 Å². The first-order valence-corrected chi connectivity index (χ1v) is 7.88. The molecule has 0 aliphatic heterocycles. The Morgan fingerprint density at radius 1 is 1.20 bits per heavy atom. The normalized spacial score (nSPS) is 11.1. The number of hydrogen-bond donors (Lipinski definition) is 2. The summed E-state index contributed by atoms with van der Waals surface area (Å²) >= 11 is 5.91. The molecule has 0 aliphatic rings. The molecule has 0 atom stereocenters. The summed E-state index contributed by atoms with van der Waals surface area (Å²) in [5.41, 5.74) is 4.35. The number of carbonyl (C=O) groups excluding carboxylic acids is 2. The lowest BCUT2D eigenvalue weighted by atomic mass is 10.2. The number of carbonyl (C=O) groups is 2. The maximum absolute atomic E-state index is 13.1. The molecule has 0 saturated carbocycles. The Balaban J connectivity index is 1.93. The van der Waals surface area contributed by atoms with E-state index in [4.69, 9.17) is 11.6 Å². The molecule has 0 aromatic heterocycles. The van der Waals surface area contributed by atoms with Crippen LogP contribution in [0.2, 0.25) is 5.02 Å². The highest BCUT2D eigenvalue weighted by atomic mass is 35.5. The summed E-state index contributed by atoms with van der Waals surface area (Å²) in [6, 6.07) is 10.5. The fourth-order valence-electron chi connectivity index (χ4n) is 2.04. The molecule has 0 aliphatic carbocycles. The van der Waals surface area contributed by atoms with Crippen molar-refractivity contribution in [1.82, 2.24) is 5.43 Å². The van der Waals surface area contributed by atoms with Crippen LogP contribution in [-0.2, 0) is 4.79 Å². The molecule has 0 radical (unpaired) electrons. The molecule has 2 rings (SSSR count). The summed E-state index contributed by atoms with van der Waals surface area (Å²) in [5.74, 6) is -1.35. The number of nitrogens with zero attached hydrogens (tertiary/aromatic N) is 1. The van der Waals surface area contributed by atoms with Gasteiger partial charge in [0.25, 0.3) is 5.91 Å². The molecule has 2 amide bonds. The van der Waals surface area contributed by atoms with Gasteiger partial charge < -0.3 is 5.32 Å². The van der Waals surface area contributed by atoms with Crippen molar-refractivity contribution in [3.8, 4) is 0 Å². The first kappa shape index (κ1) is 18.6. The molecular weight excluding hydrogens is 345 g/mol. The Morgan fingerprint density at radius 3 is 2.68 bits per heavy atom. The van der Waals surface area contributed by atoms with Crippen molar-refractivity contribution in [3.05, 3.63) is 64.4 Å². The monoisotopic (exact) mass is 361 g/mol. The second kappa shape index (κ2) is 8.39. The van der Waals surface area contributed by atoms with Crippen molar-refractivity contribution < 1.29 is 14.0 Å². The lowest BCUT2D eigenvalue weighted by Gasteiger charge is -2.09. The average molecular weight is 362 g/mol. The molecule has 5 nitrogen and oxygen atoms in total. The lowest BCUT2D eigenvalue weighted by molar-refractivity contribution is -0.115. The van der Waals surface area contributed by atoms with Gasteiger partial charge in [0.15, 0.2) is 0 Å². The number of hydrogen-bond acceptors (Lipinski definition) is 3. The van der Waals surface area contributed by atoms with E-state index >= 15 is 0 Å². The van der Waals surface area contributed by atoms with Crippen LogP contribution in [0.4, 0.5) is 10.1 Å². The molecule has 2 N–H and O–H groups in total. The molecule has 0 saturated heterocycles. The van der Waals surface area contributed by atoms with Crippen molar-refractivity contribution in [2.75, 3.05) is 5.32 Å². The van der Waals surface area contributed by atoms with E-state index in [0.29, 0.717) is 16.4 Å². The van der Waals surface area contributed by atoms with Crippen molar-refractivity contribution >= 4 is 34.8 Å². The van der Waals surface area contributed by atoms with Gasteiger partial charge in [-0.05, 0) is 49.7 Å². The highest BCUT2D eigenvalue weighted by molar-refractivity contribution is 6.31. The van der Waals surface area contributed by atoms with Crippen LogP contribution in [0.25, 0.3) is 0 Å². The first-order valence-electron chi connectivity index (χ1n) is 7.50. The number of amides is 2. The zero-order valence-electron chi connectivity index (χ0n) is 13.8. The van der Waals surface area contributed by atoms with Crippen molar-refractivity contribution in [3.63, 3.8) is 0 Å². The van der Waals surface area contributed by atoms with E-state index in [1.165, 1.54) is 18.2 Å². The summed E-state index contributed by atoms with van der Waals surface area (Å²) in [6.45, 7) is 3.46. The third-order valence-electron chi connectivity index (χ3n) is 3.33. The van der Waals surface area contributed by atoms with Gasteiger partial charge in [0.05, 0.1) is 6.42 Å². The van der Waals surface area contributed by atoms with Gasteiger partial charge in [0.2, 0.25) is 5.91 Å². The van der Waals surface area contributed by atoms with Gasteiger partial charge in [-0.2, -0.15) is 5.10 Å². The van der Waals surface area contributed by atoms with Crippen molar-refractivity contribution in [2.24, 2.45) is 5.10 Å². The third-order valence-corrected chi connectivity index (χ3v) is 3.56. The third kappa shape index (κ3) is 5.69. The predicted molar refractivity (Wildman–Crippen MR) is 96.4 cm³/mol. The topological polar surface area (TPSA) is 70.6 Å². The predicted octanol–water partition coefficient (Wildman–Crippen LogP) is 3.92. The van der Waals surface area contributed by atoms with Crippen LogP contribution in [-0.4, -0.2) is 17.5 Å². The summed E-state index contributed by atoms with van der Waals surface area (Å²) in [4.78, 5) is 23.9. The Morgan fingerprint density at radius 2 is 1.96 bits per heavy atom. The van der Waals surface area contributed by atoms with Crippen molar-refractivity contribution in [2.45, 2.75) is 20.3 Å². The van der Waals surface area contributed by atoms with Crippen LogP contribution < -0.4 is 10.7 Å². The van der Waals surface area contributed by atoms with Gasteiger partial charge in [0, 0.05) is 22.0 Å². The van der Waals surface area contributed by atoms with Crippen LogP contribution in [0.15, 0.2) is 47.6 Å². The van der Waals surface area contributed by atoms with E-state index in [2.05, 4.69) is 15.8 Å². The Labute approximate surface area is 149 Å². The maximum atomic E-state index is 13.1. The molecule has 0 heterocycles. The maximum Gasteiger partial charge on any atom is 0.271 e. The van der Waals surface area contributed by atoms with E-state index in [-0.39, 0.29) is 17.9 Å². The molecule has 2 aromatic carbocycles. The van der Waals surface area contributed by atoms with E-state index < -0.39 is 11.7 Å². The van der Waals surface area contributed by atoms with Crippen LogP contribution in [0.3, 0.4) is 0 Å². The minimum Gasteiger partial charge on any atom is -0.325 e. The molecule has 7 heteroatoms. The first-order chi connectivity index (χ1) is 11.8. The van der Waals surface area contributed by atoms with Gasteiger partial charge in [-0.1, -0.05) is 23.7 Å². The smallest absolute Gasteiger partial charge is 0.271 e. The standard InChI is InChI=1S/C18H17ClFN3O2/c1-11-6-7-14(19)10-16(11)21-17(24)8-12(2)22-23-18(25)13-4-3-5-15(20)9-13/h3-7,9-10H,8H2,1-2H3,(H,21,24)(H,23,25)/b22-12+. The van der Waals surface area contributed by atoms with Crippen LogP contribution >= 0.6 is 11.6 Å². The summed E-state index contributed by atoms with van der Waals surface area (Å²) in [7, 11) is 0. The molecule has 0 fully saturated rings. The van der Waals surface area contributed by atoms with Gasteiger partial charge in [-0.15, -0.1) is 0 Å². The van der Waals surface area contributed by atoms with Crippen LogP contribution in [0.5, 0.6) is 0 Å². The number of hydrazone groups is 1. The van der Waals surface area contributed by atoms with Crippen LogP contribution in [0, 0.1) is 12.7 Å². The fourth-order valence-corrected chi connectivity index (χ4v) is 2.21. The van der Waals surface area contributed by atoms with Gasteiger partial charge in [-0.25, -0.2) is 9.82 Å². The SMILES string of the molecule is C/C(CC(=O)Nc1cc(Cl)ccc1C)=N\NC(=O)c1cccc(F)c1. The van der Waals surface area contributed by atoms with E-state index in [1.54, 1.807) is 25.1 Å². The Hall–Kier alpha value is -2.73. The molecule has 130 valence electrons. The van der Waals surface area contributed by atoms with Crippen molar-refractivity contribution in [1.29, 1.82) is 0 Å². The largest absolute Gasteiger partial charge is 0.325 e.